The predicted octanol–water partition coefficient (Wildman–Crippen LogP) is 26.7. The van der Waals surface area contributed by atoms with Gasteiger partial charge in [-0.25, -0.2) is 4.57 Å². The number of phosphoric acid groups is 1. The SMILES string of the molecule is CCCCC/C=C\C/C=C\CCCCCCCCCCCCCCCCCCCC(=O)OC(/C=C/CCCCCCCCCCCCC)C(COP(=O)(O)OCC[N+](C)(C)C)NC(=O)CCCCCCCCCCCCCCCCCCC/C=C/CCCCCCCC. The van der Waals surface area contributed by atoms with E-state index in [2.05, 4.69) is 68.6 Å². The summed E-state index contributed by atoms with van der Waals surface area (Å²) >= 11 is 0. The highest BCUT2D eigenvalue weighted by Gasteiger charge is 2.30. The molecule has 0 saturated heterocycles. The van der Waals surface area contributed by atoms with Crippen LogP contribution in [0.4, 0.5) is 0 Å². The average Bonchev–Trinajstić information content (AvgIpc) is 2.15. The molecule has 0 aliphatic heterocycles. The molecular weight excluding hydrogens is 1170 g/mol. The number of phosphoric ester groups is 1. The maximum atomic E-state index is 13.7. The molecule has 0 spiro atoms. The van der Waals surface area contributed by atoms with Gasteiger partial charge in [-0.15, -0.1) is 0 Å². The van der Waals surface area contributed by atoms with Gasteiger partial charge >= 0.3 is 13.8 Å². The number of unbranched alkanes of at least 4 members (excludes halogenated alkanes) is 54. The lowest BCUT2D eigenvalue weighted by molar-refractivity contribution is -0.870. The van der Waals surface area contributed by atoms with Crippen LogP contribution in [0.3, 0.4) is 0 Å². The van der Waals surface area contributed by atoms with E-state index >= 15 is 0 Å². The van der Waals surface area contributed by atoms with Crippen LogP contribution in [0.5, 0.6) is 0 Å². The Morgan fingerprint density at radius 3 is 1.00 bits per heavy atom. The quantitative estimate of drug-likeness (QED) is 0.0205. The average molecular weight is 1330 g/mol. The van der Waals surface area contributed by atoms with Crippen molar-refractivity contribution < 1.29 is 37.3 Å². The first-order chi connectivity index (χ1) is 45.4. The largest absolute Gasteiger partial charge is 0.472 e. The van der Waals surface area contributed by atoms with Gasteiger partial charge in [-0.3, -0.25) is 18.6 Å². The second-order valence-electron chi connectivity index (χ2n) is 29.3. The molecule has 0 fully saturated rings. The maximum Gasteiger partial charge on any atom is 0.472 e. The van der Waals surface area contributed by atoms with Crippen LogP contribution in [-0.2, 0) is 27.9 Å². The van der Waals surface area contributed by atoms with Gasteiger partial charge in [-0.1, -0.05) is 365 Å². The predicted molar refractivity (Wildman–Crippen MR) is 406 cm³/mol. The summed E-state index contributed by atoms with van der Waals surface area (Å²) < 4.78 is 31.0. The fraction of sp³-hybridized carbons (Fsp3) is 0.880. The van der Waals surface area contributed by atoms with Crippen LogP contribution in [0.1, 0.15) is 419 Å². The Bertz CT molecular complexity index is 1730. The number of rotatable bonds is 76. The van der Waals surface area contributed by atoms with E-state index in [9.17, 15) is 19.0 Å². The Morgan fingerprint density at radius 1 is 0.376 bits per heavy atom. The number of hydrogen-bond acceptors (Lipinski definition) is 6. The summed E-state index contributed by atoms with van der Waals surface area (Å²) in [6.07, 6.45) is 94.4. The zero-order valence-corrected chi connectivity index (χ0v) is 63.9. The molecule has 93 heavy (non-hydrogen) atoms. The lowest BCUT2D eigenvalue weighted by atomic mass is 10.0. The van der Waals surface area contributed by atoms with E-state index in [1.165, 1.54) is 321 Å². The van der Waals surface area contributed by atoms with Gasteiger partial charge in [0.25, 0.3) is 0 Å². The Hall–Kier alpha value is -2.03. The highest BCUT2D eigenvalue weighted by molar-refractivity contribution is 7.47. The standard InChI is InChI=1S/C83H159N2O7P/c1-7-10-13-16-19-22-25-28-30-32-34-36-38-40-42-44-46-48-50-52-54-57-60-63-66-69-72-75-82(86)84-80(79-91-93(88,89)90-78-77-85(4,5)6)81(74-71-68-65-62-59-56-27-24-21-18-15-12-9-3)92-83(87)76-73-70-67-64-61-58-55-53-51-49-47-45-43-41-39-37-35-33-31-29-26-23-20-17-14-11-8-2/h20,23,28-31,71,74,80-81H,7-19,21-22,24-27,32-70,72-73,75-79H2,1-6H3,(H-,84,86,88,89)/p+1/b23-20-,30-28+,31-29-,74-71+. The van der Waals surface area contributed by atoms with Crippen LogP contribution in [0.2, 0.25) is 0 Å². The second kappa shape index (κ2) is 72.7. The first-order valence-electron chi connectivity index (χ1n) is 41.0. The minimum absolute atomic E-state index is 0.0432. The smallest absolute Gasteiger partial charge is 0.456 e. The van der Waals surface area contributed by atoms with Crippen molar-refractivity contribution in [2.45, 2.75) is 431 Å². The summed E-state index contributed by atoms with van der Waals surface area (Å²) in [7, 11) is 1.52. The Balaban J connectivity index is 4.89. The highest BCUT2D eigenvalue weighted by atomic mass is 31.2. The number of carbonyl (C=O) groups excluding carboxylic acids is 2. The number of nitrogens with zero attached hydrogens (tertiary/aromatic N) is 1. The van der Waals surface area contributed by atoms with Crippen LogP contribution in [0.15, 0.2) is 48.6 Å². The van der Waals surface area contributed by atoms with Crippen LogP contribution < -0.4 is 5.32 Å². The van der Waals surface area contributed by atoms with Crippen LogP contribution in [0.25, 0.3) is 0 Å². The topological polar surface area (TPSA) is 111 Å². The summed E-state index contributed by atoms with van der Waals surface area (Å²) in [4.78, 5) is 38.1. The molecule has 0 aromatic rings. The molecule has 3 atom stereocenters. The highest BCUT2D eigenvalue weighted by Crippen LogP contribution is 2.43. The third kappa shape index (κ3) is 74.0. The molecule has 0 bridgehead atoms. The minimum atomic E-state index is -4.46. The van der Waals surface area contributed by atoms with Gasteiger partial charge in [0, 0.05) is 12.8 Å². The maximum absolute atomic E-state index is 13.7. The molecule has 548 valence electrons. The number of esters is 1. The molecule has 0 rings (SSSR count). The van der Waals surface area contributed by atoms with E-state index in [1.807, 2.05) is 27.2 Å². The molecule has 10 heteroatoms. The van der Waals surface area contributed by atoms with Crippen molar-refractivity contribution in [3.05, 3.63) is 48.6 Å². The van der Waals surface area contributed by atoms with Gasteiger partial charge in [0.2, 0.25) is 5.91 Å². The fourth-order valence-corrected chi connectivity index (χ4v) is 13.2. The van der Waals surface area contributed by atoms with E-state index < -0.39 is 20.0 Å². The Kier molecular flexibility index (Phi) is 71.1. The van der Waals surface area contributed by atoms with E-state index in [1.54, 1.807) is 0 Å². The molecule has 2 N–H and O–H groups in total. The molecule has 0 aliphatic rings. The van der Waals surface area contributed by atoms with Crippen molar-refractivity contribution in [1.29, 1.82) is 0 Å². The van der Waals surface area contributed by atoms with Crippen molar-refractivity contribution in [2.24, 2.45) is 0 Å². The molecule has 1 amide bonds. The molecule has 0 heterocycles. The van der Waals surface area contributed by atoms with Crippen molar-refractivity contribution in [3.8, 4) is 0 Å². The number of quaternary nitrogens is 1. The van der Waals surface area contributed by atoms with E-state index in [0.29, 0.717) is 23.9 Å². The molecule has 0 saturated carbocycles. The second-order valence-corrected chi connectivity index (χ2v) is 30.7. The third-order valence-electron chi connectivity index (χ3n) is 18.7. The molecule has 0 aromatic heterocycles. The summed E-state index contributed by atoms with van der Waals surface area (Å²) in [5, 5.41) is 3.09. The van der Waals surface area contributed by atoms with Gasteiger partial charge < -0.3 is 19.4 Å². The molecule has 9 nitrogen and oxygen atoms in total. The van der Waals surface area contributed by atoms with Gasteiger partial charge in [-0.2, -0.15) is 0 Å². The monoisotopic (exact) mass is 1330 g/mol. The third-order valence-corrected chi connectivity index (χ3v) is 19.7. The van der Waals surface area contributed by atoms with Crippen molar-refractivity contribution in [1.82, 2.24) is 5.32 Å². The molecule has 0 aliphatic carbocycles. The Morgan fingerprint density at radius 2 is 0.656 bits per heavy atom. The van der Waals surface area contributed by atoms with Crippen molar-refractivity contribution in [3.63, 3.8) is 0 Å². The van der Waals surface area contributed by atoms with Gasteiger partial charge in [0.15, 0.2) is 0 Å². The molecule has 3 unspecified atom stereocenters. The van der Waals surface area contributed by atoms with Gasteiger partial charge in [0.1, 0.15) is 19.3 Å². The molecular formula is C83H160N2O7P+. The summed E-state index contributed by atoms with van der Waals surface area (Å²) in [6, 6.07) is -0.847. The number of amides is 1. The first-order valence-corrected chi connectivity index (χ1v) is 42.5. The molecule has 0 aromatic carbocycles. The Labute approximate surface area is 579 Å². The summed E-state index contributed by atoms with van der Waals surface area (Å²) in [5.41, 5.74) is 0. The minimum Gasteiger partial charge on any atom is -0.456 e. The van der Waals surface area contributed by atoms with E-state index in [-0.39, 0.29) is 25.1 Å². The summed E-state index contributed by atoms with van der Waals surface area (Å²) in [6.45, 7) is 7.06. The van der Waals surface area contributed by atoms with E-state index in [0.717, 1.165) is 64.2 Å². The number of nitrogens with one attached hydrogen (secondary N) is 1. The zero-order valence-electron chi connectivity index (χ0n) is 63.0. The lowest BCUT2D eigenvalue weighted by Gasteiger charge is -2.27. The number of allylic oxidation sites excluding steroid dienone is 7. The van der Waals surface area contributed by atoms with Crippen LogP contribution in [-0.4, -0.2) is 74.3 Å². The zero-order chi connectivity index (χ0) is 67.8. The normalized spacial score (nSPS) is 13.6. The van der Waals surface area contributed by atoms with Crippen molar-refractivity contribution in [2.75, 3.05) is 40.9 Å². The van der Waals surface area contributed by atoms with Crippen LogP contribution in [0, 0.1) is 0 Å². The number of likely N-dealkylation sites (N-methyl/N-ethyl adjacent to an activating group) is 1. The summed E-state index contributed by atoms with van der Waals surface area (Å²) in [5.74, 6) is -0.480. The number of ether oxygens (including phenoxy) is 1. The van der Waals surface area contributed by atoms with Crippen LogP contribution >= 0.6 is 7.82 Å². The van der Waals surface area contributed by atoms with Gasteiger partial charge in [0.05, 0.1) is 33.8 Å². The fourth-order valence-electron chi connectivity index (χ4n) is 12.4. The van der Waals surface area contributed by atoms with Crippen molar-refractivity contribution >= 4 is 19.7 Å². The first kappa shape index (κ1) is 91.0. The number of carbonyl (C=O) groups is 2. The number of hydrogen-bond donors (Lipinski definition) is 2. The molecule has 0 radical (unpaired) electrons. The van der Waals surface area contributed by atoms with E-state index in [4.69, 9.17) is 13.8 Å². The lowest BCUT2D eigenvalue weighted by Crippen LogP contribution is -2.47. The van der Waals surface area contributed by atoms with Gasteiger partial charge in [-0.05, 0) is 89.5 Å².